The van der Waals surface area contributed by atoms with Crippen molar-refractivity contribution in [3.05, 3.63) is 33.8 Å². The van der Waals surface area contributed by atoms with Gasteiger partial charge in [0.25, 0.3) is 5.91 Å². The summed E-state index contributed by atoms with van der Waals surface area (Å²) in [6.07, 6.45) is 0.315. The summed E-state index contributed by atoms with van der Waals surface area (Å²) in [5.74, 6) is -0.0780. The van der Waals surface area contributed by atoms with Crippen molar-refractivity contribution in [2.24, 2.45) is 10.9 Å². The average molecular weight is 300 g/mol. The Morgan fingerprint density at radius 1 is 1.59 bits per heavy atom. The Kier molecular flexibility index (Phi) is 4.96. The van der Waals surface area contributed by atoms with Crippen LogP contribution in [0.15, 0.2) is 27.8 Å². The fourth-order valence-electron chi connectivity index (χ4n) is 1.29. The Hall–Kier alpha value is -1.56. The molecular formula is C11H14BrN3O2. The molecule has 0 unspecified atom stereocenters. The lowest BCUT2D eigenvalue weighted by Crippen LogP contribution is -2.28. The van der Waals surface area contributed by atoms with Gasteiger partial charge in [-0.1, -0.05) is 27.2 Å². The molecule has 6 heteroatoms. The zero-order valence-electron chi connectivity index (χ0n) is 9.40. The number of benzene rings is 1. The lowest BCUT2D eigenvalue weighted by Gasteiger charge is -2.07. The first-order valence-corrected chi connectivity index (χ1v) is 5.84. The predicted octanol–water partition coefficient (Wildman–Crippen LogP) is 1.62. The minimum atomic E-state index is -0.172. The number of halogens is 1. The van der Waals surface area contributed by atoms with Crippen LogP contribution >= 0.6 is 15.9 Å². The van der Waals surface area contributed by atoms with Gasteiger partial charge in [-0.05, 0) is 24.6 Å². The van der Waals surface area contributed by atoms with Gasteiger partial charge in [0.15, 0.2) is 0 Å². The maximum absolute atomic E-state index is 11.8. The van der Waals surface area contributed by atoms with E-state index >= 15 is 0 Å². The number of nitrogens with two attached hydrogens (primary N) is 1. The van der Waals surface area contributed by atoms with Crippen LogP contribution < -0.4 is 11.1 Å². The quantitative estimate of drug-likeness (QED) is 0.342. The number of aryl methyl sites for hydroxylation is 1. The number of amides is 1. The van der Waals surface area contributed by atoms with E-state index in [9.17, 15) is 4.79 Å². The van der Waals surface area contributed by atoms with Crippen LogP contribution in [0.4, 0.5) is 0 Å². The van der Waals surface area contributed by atoms with E-state index in [2.05, 4.69) is 26.4 Å². The van der Waals surface area contributed by atoms with E-state index in [0.29, 0.717) is 18.5 Å². The highest BCUT2D eigenvalue weighted by molar-refractivity contribution is 9.10. The molecule has 5 nitrogen and oxygen atoms in total. The summed E-state index contributed by atoms with van der Waals surface area (Å²) in [4.78, 5) is 11.8. The van der Waals surface area contributed by atoms with Gasteiger partial charge in [0.05, 0.1) is 0 Å². The lowest BCUT2D eigenvalue weighted by molar-refractivity contribution is 0.0954. The van der Waals surface area contributed by atoms with E-state index < -0.39 is 0 Å². The number of nitrogens with one attached hydrogen (secondary N) is 1. The van der Waals surface area contributed by atoms with E-state index in [1.165, 1.54) is 0 Å². The standard InChI is InChI=1S/C11H14BrN3O2/c1-7-2-3-8(12)6-9(7)11(16)14-5-4-10(13)15-17/h2-3,6,17H,4-5H2,1H3,(H2,13,15)(H,14,16). The minimum Gasteiger partial charge on any atom is -0.409 e. The van der Waals surface area contributed by atoms with Crippen LogP contribution in [0.25, 0.3) is 0 Å². The molecule has 0 aliphatic rings. The molecule has 0 aliphatic carbocycles. The van der Waals surface area contributed by atoms with Crippen molar-refractivity contribution < 1.29 is 10.0 Å². The number of hydrogen-bond acceptors (Lipinski definition) is 3. The van der Waals surface area contributed by atoms with Crippen LogP contribution in [0.2, 0.25) is 0 Å². The average Bonchev–Trinajstić information content (AvgIpc) is 2.31. The van der Waals surface area contributed by atoms with Crippen LogP contribution in [0, 0.1) is 6.92 Å². The third-order valence-electron chi connectivity index (χ3n) is 2.24. The van der Waals surface area contributed by atoms with Gasteiger partial charge in [0, 0.05) is 23.0 Å². The van der Waals surface area contributed by atoms with Gasteiger partial charge >= 0.3 is 0 Å². The van der Waals surface area contributed by atoms with Crippen molar-refractivity contribution in [2.45, 2.75) is 13.3 Å². The smallest absolute Gasteiger partial charge is 0.251 e. The van der Waals surface area contributed by atoms with Crippen molar-refractivity contribution in [2.75, 3.05) is 6.54 Å². The van der Waals surface area contributed by atoms with E-state index in [4.69, 9.17) is 10.9 Å². The van der Waals surface area contributed by atoms with Crippen LogP contribution in [-0.4, -0.2) is 23.5 Å². The maximum Gasteiger partial charge on any atom is 0.251 e. The number of rotatable bonds is 4. The van der Waals surface area contributed by atoms with Crippen LogP contribution in [-0.2, 0) is 0 Å². The fraction of sp³-hybridized carbons (Fsp3) is 0.273. The highest BCUT2D eigenvalue weighted by Crippen LogP contribution is 2.15. The molecule has 0 radical (unpaired) electrons. The number of amidine groups is 1. The molecule has 0 saturated heterocycles. The van der Waals surface area contributed by atoms with Crippen molar-refractivity contribution >= 4 is 27.7 Å². The third kappa shape index (κ3) is 4.07. The van der Waals surface area contributed by atoms with Crippen LogP contribution in [0.3, 0.4) is 0 Å². The van der Waals surface area contributed by atoms with Gasteiger partial charge in [-0.2, -0.15) is 0 Å². The van der Waals surface area contributed by atoms with Crippen molar-refractivity contribution in [1.82, 2.24) is 5.32 Å². The monoisotopic (exact) mass is 299 g/mol. The van der Waals surface area contributed by atoms with Gasteiger partial charge in [0.2, 0.25) is 0 Å². The van der Waals surface area contributed by atoms with Crippen LogP contribution in [0.5, 0.6) is 0 Å². The normalized spacial score (nSPS) is 11.3. The molecule has 0 aliphatic heterocycles. The summed E-state index contributed by atoms with van der Waals surface area (Å²) in [6.45, 7) is 2.20. The second kappa shape index (κ2) is 6.24. The number of carbonyl (C=O) groups excluding carboxylic acids is 1. The highest BCUT2D eigenvalue weighted by atomic mass is 79.9. The Labute approximate surface area is 108 Å². The molecule has 1 aromatic carbocycles. The van der Waals surface area contributed by atoms with E-state index in [-0.39, 0.29) is 11.7 Å². The molecule has 0 saturated carbocycles. The molecule has 0 fully saturated rings. The third-order valence-corrected chi connectivity index (χ3v) is 2.73. The summed E-state index contributed by atoms with van der Waals surface area (Å²) in [7, 11) is 0. The summed E-state index contributed by atoms with van der Waals surface area (Å²) >= 11 is 3.32. The summed E-state index contributed by atoms with van der Waals surface area (Å²) in [5, 5.41) is 13.9. The molecule has 0 atom stereocenters. The largest absolute Gasteiger partial charge is 0.409 e. The SMILES string of the molecule is Cc1ccc(Br)cc1C(=O)NCCC(N)=NO. The first-order valence-electron chi connectivity index (χ1n) is 5.05. The molecule has 1 amide bonds. The van der Waals surface area contributed by atoms with E-state index in [1.807, 2.05) is 19.1 Å². The molecule has 1 aromatic rings. The van der Waals surface area contributed by atoms with Gasteiger partial charge < -0.3 is 16.3 Å². The molecule has 0 bridgehead atoms. The summed E-state index contributed by atoms with van der Waals surface area (Å²) in [5.41, 5.74) is 6.80. The van der Waals surface area contributed by atoms with Crippen molar-refractivity contribution in [3.8, 4) is 0 Å². The molecule has 0 spiro atoms. The molecular weight excluding hydrogens is 286 g/mol. The summed E-state index contributed by atoms with van der Waals surface area (Å²) in [6, 6.07) is 5.50. The van der Waals surface area contributed by atoms with Gasteiger partial charge in [-0.15, -0.1) is 0 Å². The van der Waals surface area contributed by atoms with Gasteiger partial charge in [-0.25, -0.2) is 0 Å². The number of hydrogen-bond donors (Lipinski definition) is 3. The van der Waals surface area contributed by atoms with Crippen molar-refractivity contribution in [3.63, 3.8) is 0 Å². The minimum absolute atomic E-state index is 0.0938. The molecule has 92 valence electrons. The molecule has 0 heterocycles. The summed E-state index contributed by atoms with van der Waals surface area (Å²) < 4.78 is 0.852. The Morgan fingerprint density at radius 2 is 2.29 bits per heavy atom. The Morgan fingerprint density at radius 3 is 2.94 bits per heavy atom. The molecule has 0 aromatic heterocycles. The zero-order chi connectivity index (χ0) is 12.8. The second-order valence-electron chi connectivity index (χ2n) is 3.56. The van der Waals surface area contributed by atoms with E-state index in [1.54, 1.807) is 6.07 Å². The number of nitrogens with zero attached hydrogens (tertiary/aromatic N) is 1. The maximum atomic E-state index is 11.8. The van der Waals surface area contributed by atoms with E-state index in [0.717, 1.165) is 10.0 Å². The predicted molar refractivity (Wildman–Crippen MR) is 69.2 cm³/mol. The number of carbonyl (C=O) groups is 1. The first kappa shape index (κ1) is 13.5. The lowest BCUT2D eigenvalue weighted by atomic mass is 10.1. The fourth-order valence-corrected chi connectivity index (χ4v) is 1.65. The molecule has 1 rings (SSSR count). The Bertz CT molecular complexity index is 446. The topological polar surface area (TPSA) is 87.7 Å². The Balaban J connectivity index is 2.61. The van der Waals surface area contributed by atoms with Gasteiger partial charge in [-0.3, -0.25) is 4.79 Å². The van der Waals surface area contributed by atoms with Crippen molar-refractivity contribution in [1.29, 1.82) is 0 Å². The first-order chi connectivity index (χ1) is 8.04. The number of oxime groups is 1. The zero-order valence-corrected chi connectivity index (χ0v) is 11.0. The molecule has 4 N–H and O–H groups in total. The van der Waals surface area contributed by atoms with Crippen LogP contribution in [0.1, 0.15) is 22.3 Å². The van der Waals surface area contributed by atoms with Gasteiger partial charge in [0.1, 0.15) is 5.84 Å². The second-order valence-corrected chi connectivity index (χ2v) is 4.47. The highest BCUT2D eigenvalue weighted by Gasteiger charge is 2.08. The molecule has 17 heavy (non-hydrogen) atoms.